The van der Waals surface area contributed by atoms with Crippen molar-refractivity contribution in [2.45, 2.75) is 25.1 Å². The van der Waals surface area contributed by atoms with E-state index in [0.29, 0.717) is 0 Å². The van der Waals surface area contributed by atoms with E-state index in [1.807, 2.05) is 6.07 Å². The van der Waals surface area contributed by atoms with Gasteiger partial charge in [0.1, 0.15) is 29.1 Å². The van der Waals surface area contributed by atoms with Gasteiger partial charge in [0, 0.05) is 6.07 Å². The van der Waals surface area contributed by atoms with Gasteiger partial charge >= 0.3 is 6.18 Å². The number of nitrogen functional groups attached to an aromatic ring is 2. The van der Waals surface area contributed by atoms with Gasteiger partial charge in [0.25, 0.3) is 5.56 Å². The van der Waals surface area contributed by atoms with Crippen LogP contribution in [0.2, 0.25) is 0 Å². The molecule has 0 bridgehead atoms. The number of fused-ring (bicyclic) bond motifs is 1. The van der Waals surface area contributed by atoms with E-state index < -0.39 is 28.7 Å². The molecule has 1 fully saturated rings. The van der Waals surface area contributed by atoms with Gasteiger partial charge in [-0.15, -0.1) is 0 Å². The summed E-state index contributed by atoms with van der Waals surface area (Å²) in [6.45, 7) is 0. The van der Waals surface area contributed by atoms with Crippen LogP contribution >= 0.6 is 0 Å². The zero-order chi connectivity index (χ0) is 24.9. The third-order valence-electron chi connectivity index (χ3n) is 5.69. The number of H-pyrrole nitrogens is 1. The summed E-state index contributed by atoms with van der Waals surface area (Å²) in [5.74, 6) is -0.0819. The van der Waals surface area contributed by atoms with Crippen LogP contribution in [0.15, 0.2) is 35.3 Å². The maximum atomic E-state index is 13.7. The van der Waals surface area contributed by atoms with Crippen LogP contribution in [-0.2, 0) is 6.18 Å². The molecule has 5 rings (SSSR count). The highest BCUT2D eigenvalue weighted by atomic mass is 19.4. The fourth-order valence-corrected chi connectivity index (χ4v) is 3.98. The molecule has 1 aliphatic rings. The number of nitrogens with two attached hydrogens (primary N) is 2. The molecule has 1 saturated carbocycles. The van der Waals surface area contributed by atoms with Crippen LogP contribution in [0.5, 0.6) is 0 Å². The first-order valence-electron chi connectivity index (χ1n) is 10.4. The molecule has 1 aliphatic carbocycles. The minimum Gasteiger partial charge on any atom is -0.382 e. The maximum Gasteiger partial charge on any atom is 0.417 e. The summed E-state index contributed by atoms with van der Waals surface area (Å²) in [7, 11) is 0. The number of rotatable bonds is 5. The third-order valence-corrected chi connectivity index (χ3v) is 5.69. The van der Waals surface area contributed by atoms with Gasteiger partial charge in [-0.2, -0.15) is 33.5 Å². The number of anilines is 3. The molecular formula is C21H17F3N10O. The largest absolute Gasteiger partial charge is 0.417 e. The van der Waals surface area contributed by atoms with Crippen molar-refractivity contribution in [2.24, 2.45) is 5.92 Å². The van der Waals surface area contributed by atoms with Gasteiger partial charge < -0.3 is 16.8 Å². The predicted octanol–water partition coefficient (Wildman–Crippen LogP) is 2.52. The Morgan fingerprint density at radius 1 is 1.20 bits per heavy atom. The fourth-order valence-electron chi connectivity index (χ4n) is 3.98. The quantitative estimate of drug-likeness (QED) is 0.333. The summed E-state index contributed by atoms with van der Waals surface area (Å²) >= 11 is 0. The van der Waals surface area contributed by atoms with Gasteiger partial charge in [-0.3, -0.25) is 9.89 Å². The lowest BCUT2D eigenvalue weighted by Crippen LogP contribution is -2.31. The molecular weight excluding hydrogens is 465 g/mol. The van der Waals surface area contributed by atoms with Gasteiger partial charge in [-0.1, -0.05) is 6.07 Å². The maximum absolute atomic E-state index is 13.7. The number of nitriles is 1. The van der Waals surface area contributed by atoms with Crippen molar-refractivity contribution < 1.29 is 13.2 Å². The topological polar surface area (TPSA) is 177 Å². The standard InChI is InChI=1S/C21H17F3N10O/c22-21(23,24)11-2-1-3-12-14(11)19(35)34(13-6-7-28-33-13)18(29-12)15(9-4-5-9)30-17-10(8-25)16(26)31-20(27)32-17/h1-3,6-7,9,15H,4-5H2,(H,28,33)(H5,26,27,30,31,32). The van der Waals surface area contributed by atoms with Crippen LogP contribution in [0.4, 0.5) is 30.8 Å². The van der Waals surface area contributed by atoms with Crippen molar-refractivity contribution in [3.8, 4) is 11.9 Å². The van der Waals surface area contributed by atoms with Crippen molar-refractivity contribution in [2.75, 3.05) is 16.8 Å². The number of nitrogens with one attached hydrogen (secondary N) is 2. The summed E-state index contributed by atoms with van der Waals surface area (Å²) in [5.41, 5.74) is 9.34. The summed E-state index contributed by atoms with van der Waals surface area (Å²) in [5, 5.41) is 18.5. The average Bonchev–Trinajstić information content (AvgIpc) is 3.50. The second kappa shape index (κ2) is 7.97. The number of aromatic nitrogens is 6. The van der Waals surface area contributed by atoms with Gasteiger partial charge in [0.15, 0.2) is 5.82 Å². The molecule has 6 N–H and O–H groups in total. The van der Waals surface area contributed by atoms with Crippen LogP contribution in [0, 0.1) is 17.2 Å². The molecule has 1 aromatic carbocycles. The normalized spacial score (nSPS) is 14.6. The van der Waals surface area contributed by atoms with Crippen molar-refractivity contribution in [1.29, 1.82) is 5.26 Å². The third kappa shape index (κ3) is 3.86. The Kier molecular flexibility index (Phi) is 5.04. The summed E-state index contributed by atoms with van der Waals surface area (Å²) < 4.78 is 42.3. The lowest BCUT2D eigenvalue weighted by molar-refractivity contribution is -0.136. The Morgan fingerprint density at radius 3 is 2.60 bits per heavy atom. The number of benzene rings is 1. The average molecular weight is 482 g/mol. The molecule has 11 nitrogen and oxygen atoms in total. The van der Waals surface area contributed by atoms with Crippen LogP contribution in [-0.4, -0.2) is 29.7 Å². The number of aromatic amines is 1. The first-order valence-corrected chi connectivity index (χ1v) is 10.4. The van der Waals surface area contributed by atoms with Crippen LogP contribution < -0.4 is 22.3 Å². The van der Waals surface area contributed by atoms with E-state index in [-0.39, 0.29) is 46.2 Å². The molecule has 1 unspecified atom stereocenters. The monoisotopic (exact) mass is 482 g/mol. The Balaban J connectivity index is 1.78. The van der Waals surface area contributed by atoms with Gasteiger partial charge in [0.05, 0.1) is 28.7 Å². The van der Waals surface area contributed by atoms with E-state index in [1.54, 1.807) is 0 Å². The summed E-state index contributed by atoms with van der Waals surface area (Å²) in [6.07, 6.45) is -1.91. The van der Waals surface area contributed by atoms with Crippen LogP contribution in [0.25, 0.3) is 16.7 Å². The van der Waals surface area contributed by atoms with E-state index in [1.165, 1.54) is 24.4 Å². The Labute approximate surface area is 194 Å². The lowest BCUT2D eigenvalue weighted by Gasteiger charge is -2.23. The highest BCUT2D eigenvalue weighted by Crippen LogP contribution is 2.43. The zero-order valence-electron chi connectivity index (χ0n) is 17.8. The molecule has 178 valence electrons. The first-order chi connectivity index (χ1) is 16.7. The summed E-state index contributed by atoms with van der Waals surface area (Å²) in [6, 6.07) is 6.02. The smallest absolute Gasteiger partial charge is 0.382 e. The van der Waals surface area contributed by atoms with E-state index in [2.05, 4.69) is 30.5 Å². The molecule has 3 aromatic heterocycles. The Morgan fingerprint density at radius 2 is 1.97 bits per heavy atom. The SMILES string of the molecule is N#Cc1c(N)nc(N)nc1NC(c1nc2cccc(C(F)(F)F)c2c(=O)n1-c1ccn[nH]1)C1CC1. The molecule has 14 heteroatoms. The minimum absolute atomic E-state index is 0.0314. The number of halogens is 3. The van der Waals surface area contributed by atoms with Crippen molar-refractivity contribution >= 4 is 28.5 Å². The van der Waals surface area contributed by atoms with Crippen molar-refractivity contribution in [1.82, 2.24) is 29.7 Å². The molecule has 0 radical (unpaired) electrons. The van der Waals surface area contributed by atoms with Crippen LogP contribution in [0.1, 0.15) is 35.8 Å². The molecule has 0 aliphatic heterocycles. The lowest BCUT2D eigenvalue weighted by atomic mass is 10.1. The van der Waals surface area contributed by atoms with Gasteiger partial charge in [-0.05, 0) is 30.9 Å². The first kappa shape index (κ1) is 22.1. The van der Waals surface area contributed by atoms with Gasteiger partial charge in [0.2, 0.25) is 5.95 Å². The highest BCUT2D eigenvalue weighted by Gasteiger charge is 2.39. The number of nitrogens with zero attached hydrogens (tertiary/aromatic N) is 6. The number of alkyl halides is 3. The Bertz CT molecular complexity index is 1530. The van der Waals surface area contributed by atoms with E-state index in [0.717, 1.165) is 23.5 Å². The number of hydrogen-bond donors (Lipinski definition) is 4. The second-order valence-electron chi connectivity index (χ2n) is 8.01. The zero-order valence-corrected chi connectivity index (χ0v) is 17.8. The number of hydrogen-bond acceptors (Lipinski definition) is 9. The van der Waals surface area contributed by atoms with E-state index >= 15 is 0 Å². The van der Waals surface area contributed by atoms with Crippen LogP contribution in [0.3, 0.4) is 0 Å². The molecule has 1 atom stereocenters. The fraction of sp³-hybridized carbons (Fsp3) is 0.238. The molecule has 35 heavy (non-hydrogen) atoms. The minimum atomic E-state index is -4.76. The van der Waals surface area contributed by atoms with E-state index in [9.17, 15) is 23.2 Å². The van der Waals surface area contributed by atoms with Crippen molar-refractivity contribution in [3.05, 3.63) is 57.8 Å². The molecule has 4 aromatic rings. The second-order valence-corrected chi connectivity index (χ2v) is 8.01. The highest BCUT2D eigenvalue weighted by molar-refractivity contribution is 5.82. The van der Waals surface area contributed by atoms with Gasteiger partial charge in [-0.25, -0.2) is 9.55 Å². The van der Waals surface area contributed by atoms with E-state index in [4.69, 9.17) is 11.5 Å². The Hall–Kier alpha value is -4.67. The van der Waals surface area contributed by atoms with Crippen molar-refractivity contribution in [3.63, 3.8) is 0 Å². The molecule has 0 spiro atoms. The molecule has 0 amide bonds. The molecule has 3 heterocycles. The predicted molar refractivity (Wildman–Crippen MR) is 119 cm³/mol. The summed E-state index contributed by atoms with van der Waals surface area (Å²) in [4.78, 5) is 25.9. The molecule has 0 saturated heterocycles.